The molecular formula is C10H12FNO2. The number of benzene rings is 1. The van der Waals surface area contributed by atoms with E-state index in [1.165, 1.54) is 13.2 Å². The van der Waals surface area contributed by atoms with Gasteiger partial charge in [0.15, 0.2) is 17.3 Å². The molecule has 0 radical (unpaired) electrons. The van der Waals surface area contributed by atoms with Gasteiger partial charge in [-0.15, -0.1) is 0 Å². The van der Waals surface area contributed by atoms with Crippen molar-refractivity contribution in [2.45, 2.75) is 13.3 Å². The van der Waals surface area contributed by atoms with Crippen LogP contribution in [0.5, 0.6) is 5.75 Å². The number of nitrogens with two attached hydrogens (primary N) is 1. The number of nitrogen functional groups attached to an aromatic ring is 1. The lowest BCUT2D eigenvalue weighted by atomic mass is 10.1. The van der Waals surface area contributed by atoms with Crippen LogP contribution < -0.4 is 10.5 Å². The zero-order valence-corrected chi connectivity index (χ0v) is 8.13. The van der Waals surface area contributed by atoms with Crippen LogP contribution in [-0.2, 0) is 0 Å². The van der Waals surface area contributed by atoms with Crippen molar-refractivity contribution in [2.75, 3.05) is 12.8 Å². The van der Waals surface area contributed by atoms with Crippen molar-refractivity contribution >= 4 is 11.5 Å². The van der Waals surface area contributed by atoms with E-state index in [1.54, 1.807) is 6.92 Å². The van der Waals surface area contributed by atoms with Crippen LogP contribution in [0.4, 0.5) is 10.1 Å². The highest BCUT2D eigenvalue weighted by atomic mass is 19.1. The smallest absolute Gasteiger partial charge is 0.165 e. The van der Waals surface area contributed by atoms with Crippen molar-refractivity contribution in [1.29, 1.82) is 0 Å². The fourth-order valence-corrected chi connectivity index (χ4v) is 1.16. The fourth-order valence-electron chi connectivity index (χ4n) is 1.16. The summed E-state index contributed by atoms with van der Waals surface area (Å²) in [5.41, 5.74) is 6.03. The molecule has 0 saturated carbocycles. The molecule has 4 heteroatoms. The zero-order valence-electron chi connectivity index (χ0n) is 8.13. The first-order chi connectivity index (χ1) is 6.60. The van der Waals surface area contributed by atoms with Gasteiger partial charge in [0.2, 0.25) is 0 Å². The Labute approximate surface area is 81.7 Å². The first-order valence-corrected chi connectivity index (χ1v) is 4.26. The maximum absolute atomic E-state index is 13.2. The summed E-state index contributed by atoms with van der Waals surface area (Å²) in [6.07, 6.45) is 0.302. The Bertz CT molecular complexity index is 363. The quantitative estimate of drug-likeness (QED) is 0.595. The van der Waals surface area contributed by atoms with E-state index in [1.807, 2.05) is 0 Å². The van der Waals surface area contributed by atoms with Crippen molar-refractivity contribution in [2.24, 2.45) is 0 Å². The van der Waals surface area contributed by atoms with Crippen molar-refractivity contribution in [3.05, 3.63) is 23.5 Å². The molecule has 0 aliphatic heterocycles. The van der Waals surface area contributed by atoms with Gasteiger partial charge in [0.1, 0.15) is 0 Å². The third-order valence-corrected chi connectivity index (χ3v) is 1.95. The highest BCUT2D eigenvalue weighted by molar-refractivity contribution is 6.00. The summed E-state index contributed by atoms with van der Waals surface area (Å²) >= 11 is 0. The summed E-state index contributed by atoms with van der Waals surface area (Å²) in [6.45, 7) is 1.70. The van der Waals surface area contributed by atoms with Crippen LogP contribution >= 0.6 is 0 Å². The minimum atomic E-state index is -0.571. The van der Waals surface area contributed by atoms with Gasteiger partial charge < -0.3 is 10.5 Å². The van der Waals surface area contributed by atoms with E-state index in [-0.39, 0.29) is 22.8 Å². The molecule has 2 N–H and O–H groups in total. The number of rotatable bonds is 3. The Morgan fingerprint density at radius 3 is 2.71 bits per heavy atom. The predicted octanol–water partition coefficient (Wildman–Crippen LogP) is 2.01. The molecule has 0 unspecified atom stereocenters. The van der Waals surface area contributed by atoms with Gasteiger partial charge in [-0.25, -0.2) is 4.39 Å². The number of anilines is 1. The van der Waals surface area contributed by atoms with Crippen LogP contribution in [0.1, 0.15) is 23.7 Å². The molecule has 0 atom stereocenters. The molecule has 0 aromatic heterocycles. The van der Waals surface area contributed by atoms with E-state index in [0.717, 1.165) is 6.07 Å². The van der Waals surface area contributed by atoms with E-state index in [9.17, 15) is 9.18 Å². The molecule has 0 aliphatic carbocycles. The minimum Gasteiger partial charge on any atom is -0.494 e. The van der Waals surface area contributed by atoms with Crippen LogP contribution in [0.25, 0.3) is 0 Å². The van der Waals surface area contributed by atoms with Gasteiger partial charge in [-0.1, -0.05) is 6.92 Å². The number of ether oxygens (including phenoxy) is 1. The van der Waals surface area contributed by atoms with Gasteiger partial charge in [-0.3, -0.25) is 4.79 Å². The summed E-state index contributed by atoms with van der Waals surface area (Å²) in [5.74, 6) is -0.697. The largest absolute Gasteiger partial charge is 0.494 e. The third-order valence-electron chi connectivity index (χ3n) is 1.95. The Kier molecular flexibility index (Phi) is 3.06. The summed E-state index contributed by atoms with van der Waals surface area (Å²) in [4.78, 5) is 11.3. The number of Topliss-reactive ketones (excluding diaryl/α,β-unsaturated/α-hetero) is 1. The normalized spacial score (nSPS) is 9.93. The number of hydrogen-bond donors (Lipinski definition) is 1. The SMILES string of the molecule is CCC(=O)c1cc(F)c(OC)cc1N. The molecule has 0 amide bonds. The van der Waals surface area contributed by atoms with Crippen LogP contribution in [-0.4, -0.2) is 12.9 Å². The number of methoxy groups -OCH3 is 1. The third kappa shape index (κ3) is 1.84. The van der Waals surface area contributed by atoms with E-state index in [0.29, 0.717) is 6.42 Å². The molecule has 3 nitrogen and oxygen atoms in total. The molecule has 0 bridgehead atoms. The number of carbonyl (C=O) groups is 1. The topological polar surface area (TPSA) is 52.3 Å². The standard InChI is InChI=1S/C10H12FNO2/c1-3-9(13)6-4-7(11)10(14-2)5-8(6)12/h4-5H,3,12H2,1-2H3. The molecule has 76 valence electrons. The highest BCUT2D eigenvalue weighted by Crippen LogP contribution is 2.24. The number of ketones is 1. The van der Waals surface area contributed by atoms with Gasteiger partial charge in [0, 0.05) is 23.7 Å². The van der Waals surface area contributed by atoms with Crippen molar-refractivity contribution in [3.8, 4) is 5.75 Å². The lowest BCUT2D eigenvalue weighted by Gasteiger charge is -2.07. The first-order valence-electron chi connectivity index (χ1n) is 4.26. The molecule has 0 saturated heterocycles. The predicted molar refractivity (Wildman–Crippen MR) is 52.0 cm³/mol. The van der Waals surface area contributed by atoms with E-state index >= 15 is 0 Å². The maximum Gasteiger partial charge on any atom is 0.165 e. The Balaban J connectivity index is 3.21. The van der Waals surface area contributed by atoms with E-state index < -0.39 is 5.82 Å². The average molecular weight is 197 g/mol. The molecule has 0 heterocycles. The molecule has 1 aromatic rings. The van der Waals surface area contributed by atoms with Gasteiger partial charge >= 0.3 is 0 Å². The lowest BCUT2D eigenvalue weighted by molar-refractivity contribution is 0.0988. The Hall–Kier alpha value is -1.58. The lowest BCUT2D eigenvalue weighted by Crippen LogP contribution is -2.04. The zero-order chi connectivity index (χ0) is 10.7. The minimum absolute atomic E-state index is 0.0511. The number of carbonyl (C=O) groups excluding carboxylic acids is 1. The van der Waals surface area contributed by atoms with Gasteiger partial charge in [-0.2, -0.15) is 0 Å². The molecule has 0 spiro atoms. The molecule has 14 heavy (non-hydrogen) atoms. The van der Waals surface area contributed by atoms with Crippen LogP contribution in [0, 0.1) is 5.82 Å². The molecule has 0 fully saturated rings. The second-order valence-corrected chi connectivity index (χ2v) is 2.85. The van der Waals surface area contributed by atoms with Gasteiger partial charge in [0.25, 0.3) is 0 Å². The fraction of sp³-hybridized carbons (Fsp3) is 0.300. The highest BCUT2D eigenvalue weighted by Gasteiger charge is 2.12. The summed E-state index contributed by atoms with van der Waals surface area (Å²) in [7, 11) is 1.35. The molecule has 1 rings (SSSR count). The van der Waals surface area contributed by atoms with Crippen molar-refractivity contribution in [3.63, 3.8) is 0 Å². The molecular weight excluding hydrogens is 185 g/mol. The van der Waals surface area contributed by atoms with Crippen molar-refractivity contribution < 1.29 is 13.9 Å². The van der Waals surface area contributed by atoms with Gasteiger partial charge in [0.05, 0.1) is 7.11 Å². The average Bonchev–Trinajstić information content (AvgIpc) is 2.19. The van der Waals surface area contributed by atoms with Crippen LogP contribution in [0.3, 0.4) is 0 Å². The Morgan fingerprint density at radius 2 is 2.21 bits per heavy atom. The summed E-state index contributed by atoms with van der Waals surface area (Å²) in [6, 6.07) is 2.43. The monoisotopic (exact) mass is 197 g/mol. The van der Waals surface area contributed by atoms with Crippen LogP contribution in [0.15, 0.2) is 12.1 Å². The molecule has 1 aromatic carbocycles. The maximum atomic E-state index is 13.2. The second-order valence-electron chi connectivity index (χ2n) is 2.85. The van der Waals surface area contributed by atoms with E-state index in [4.69, 9.17) is 10.5 Å². The van der Waals surface area contributed by atoms with E-state index in [2.05, 4.69) is 0 Å². The summed E-state index contributed by atoms with van der Waals surface area (Å²) in [5, 5.41) is 0. The van der Waals surface area contributed by atoms with Crippen LogP contribution in [0.2, 0.25) is 0 Å². The second kappa shape index (κ2) is 4.09. The number of halogens is 1. The molecule has 0 aliphatic rings. The first kappa shape index (κ1) is 10.5. The summed E-state index contributed by atoms with van der Waals surface area (Å²) < 4.78 is 17.9. The van der Waals surface area contributed by atoms with Crippen molar-refractivity contribution in [1.82, 2.24) is 0 Å². The number of hydrogen-bond acceptors (Lipinski definition) is 3. The van der Waals surface area contributed by atoms with Gasteiger partial charge in [-0.05, 0) is 6.07 Å². The Morgan fingerprint density at radius 1 is 1.57 bits per heavy atom.